The van der Waals surface area contributed by atoms with E-state index in [1.807, 2.05) is 47.0 Å². The van der Waals surface area contributed by atoms with Gasteiger partial charge in [-0.3, -0.25) is 9.36 Å². The predicted octanol–water partition coefficient (Wildman–Crippen LogP) is 5.21. The van der Waals surface area contributed by atoms with Gasteiger partial charge in [-0.25, -0.2) is 0 Å². The van der Waals surface area contributed by atoms with Crippen molar-refractivity contribution in [3.8, 4) is 11.6 Å². The van der Waals surface area contributed by atoms with Gasteiger partial charge in [-0.15, -0.1) is 10.2 Å². The average Bonchev–Trinajstić information content (AvgIpc) is 3.37. The number of ketones is 1. The molecule has 0 N–H and O–H groups in total. The second-order valence-corrected chi connectivity index (χ2v) is 7.40. The number of rotatable bonds is 7. The van der Waals surface area contributed by atoms with Crippen molar-refractivity contribution in [1.82, 2.24) is 14.8 Å². The summed E-state index contributed by atoms with van der Waals surface area (Å²) in [5.74, 6) is 1.42. The molecular formula is C21H16ClN3O2S. The van der Waals surface area contributed by atoms with Crippen LogP contribution in [0.3, 0.4) is 0 Å². The predicted molar refractivity (Wildman–Crippen MR) is 110 cm³/mol. The number of hydrogen-bond acceptors (Lipinski definition) is 5. The second-order valence-electron chi connectivity index (χ2n) is 6.05. The molecule has 0 saturated heterocycles. The van der Waals surface area contributed by atoms with Crippen molar-refractivity contribution in [2.45, 2.75) is 11.7 Å². The molecule has 2 aromatic carbocycles. The molecule has 140 valence electrons. The van der Waals surface area contributed by atoms with Crippen LogP contribution >= 0.6 is 23.4 Å². The van der Waals surface area contributed by atoms with Crippen molar-refractivity contribution < 1.29 is 9.21 Å². The summed E-state index contributed by atoms with van der Waals surface area (Å²) in [5.41, 5.74) is 1.62. The van der Waals surface area contributed by atoms with E-state index in [0.717, 1.165) is 5.56 Å². The van der Waals surface area contributed by atoms with E-state index in [9.17, 15) is 4.79 Å². The molecule has 2 heterocycles. The smallest absolute Gasteiger partial charge is 0.200 e. The van der Waals surface area contributed by atoms with E-state index in [1.54, 1.807) is 30.5 Å². The van der Waals surface area contributed by atoms with Crippen LogP contribution in [0.4, 0.5) is 0 Å². The molecule has 0 saturated carbocycles. The Balaban J connectivity index is 1.60. The lowest BCUT2D eigenvalue weighted by molar-refractivity contribution is 0.102. The minimum absolute atomic E-state index is 0.0515. The van der Waals surface area contributed by atoms with Crippen LogP contribution in [0.25, 0.3) is 11.6 Å². The van der Waals surface area contributed by atoms with Crippen LogP contribution in [0.1, 0.15) is 15.9 Å². The largest absolute Gasteiger partial charge is 0.461 e. The number of benzene rings is 2. The maximum Gasteiger partial charge on any atom is 0.200 e. The third-order valence-electron chi connectivity index (χ3n) is 4.15. The number of thioether (sulfide) groups is 1. The van der Waals surface area contributed by atoms with Gasteiger partial charge in [-0.1, -0.05) is 65.8 Å². The Labute approximate surface area is 171 Å². The van der Waals surface area contributed by atoms with Crippen LogP contribution in [0.2, 0.25) is 5.02 Å². The van der Waals surface area contributed by atoms with E-state index >= 15 is 0 Å². The molecule has 4 aromatic rings. The number of carbonyl (C=O) groups is 1. The minimum Gasteiger partial charge on any atom is -0.461 e. The molecular weight excluding hydrogens is 394 g/mol. The quantitative estimate of drug-likeness (QED) is 0.309. The Hall–Kier alpha value is -2.83. The fourth-order valence-electron chi connectivity index (χ4n) is 2.79. The molecule has 0 aliphatic rings. The van der Waals surface area contributed by atoms with Crippen LogP contribution in [0, 0.1) is 0 Å². The number of nitrogens with zero attached hydrogens (tertiary/aromatic N) is 3. The molecule has 0 aliphatic heterocycles. The van der Waals surface area contributed by atoms with E-state index < -0.39 is 0 Å². The normalized spacial score (nSPS) is 10.9. The number of furan rings is 1. The Morgan fingerprint density at radius 3 is 2.54 bits per heavy atom. The lowest BCUT2D eigenvalue weighted by atomic mass is 10.1. The van der Waals surface area contributed by atoms with E-state index in [0.29, 0.717) is 33.9 Å². The fraction of sp³-hybridized carbons (Fsp3) is 0.0952. The molecule has 4 rings (SSSR count). The highest BCUT2D eigenvalue weighted by molar-refractivity contribution is 7.99. The van der Waals surface area contributed by atoms with Gasteiger partial charge >= 0.3 is 0 Å². The topological polar surface area (TPSA) is 60.9 Å². The zero-order chi connectivity index (χ0) is 19.3. The van der Waals surface area contributed by atoms with Crippen LogP contribution in [-0.4, -0.2) is 26.3 Å². The van der Waals surface area contributed by atoms with Gasteiger partial charge < -0.3 is 4.42 Å². The Kier molecular flexibility index (Phi) is 5.60. The summed E-state index contributed by atoms with van der Waals surface area (Å²) in [4.78, 5) is 12.6. The summed E-state index contributed by atoms with van der Waals surface area (Å²) in [5, 5.41) is 9.67. The number of carbonyl (C=O) groups excluding carboxylic acids is 1. The monoisotopic (exact) mass is 409 g/mol. The molecule has 0 bridgehead atoms. The molecule has 0 unspecified atom stereocenters. The van der Waals surface area contributed by atoms with Gasteiger partial charge in [0.1, 0.15) is 0 Å². The standard InChI is InChI=1S/C21H16ClN3O2S/c22-17-10-5-4-9-16(17)18(26)14-28-21-24-23-20(19-11-6-12-27-19)25(21)13-15-7-2-1-3-8-15/h1-12H,13-14H2. The zero-order valence-electron chi connectivity index (χ0n) is 14.8. The van der Waals surface area contributed by atoms with Gasteiger partial charge in [0.2, 0.25) is 5.82 Å². The molecule has 2 aromatic heterocycles. The molecule has 0 radical (unpaired) electrons. The lowest BCUT2D eigenvalue weighted by Gasteiger charge is -2.09. The van der Waals surface area contributed by atoms with Gasteiger partial charge in [0.05, 0.1) is 23.6 Å². The van der Waals surface area contributed by atoms with Crippen molar-refractivity contribution >= 4 is 29.1 Å². The molecule has 0 spiro atoms. The van der Waals surface area contributed by atoms with E-state index in [2.05, 4.69) is 10.2 Å². The van der Waals surface area contributed by atoms with Gasteiger partial charge in [0.15, 0.2) is 16.7 Å². The van der Waals surface area contributed by atoms with Gasteiger partial charge in [0, 0.05) is 5.56 Å². The SMILES string of the molecule is O=C(CSc1nnc(-c2ccco2)n1Cc1ccccc1)c1ccccc1Cl. The Bertz CT molecular complexity index is 1080. The van der Waals surface area contributed by atoms with Crippen molar-refractivity contribution in [3.05, 3.63) is 89.1 Å². The first-order chi connectivity index (χ1) is 13.7. The summed E-state index contributed by atoms with van der Waals surface area (Å²) in [7, 11) is 0. The third kappa shape index (κ3) is 4.03. The highest BCUT2D eigenvalue weighted by Gasteiger charge is 2.18. The fourth-order valence-corrected chi connectivity index (χ4v) is 3.85. The first-order valence-corrected chi connectivity index (χ1v) is 10.0. The van der Waals surface area contributed by atoms with Gasteiger partial charge in [-0.2, -0.15) is 0 Å². The molecule has 0 atom stereocenters. The van der Waals surface area contributed by atoms with Crippen molar-refractivity contribution in [3.63, 3.8) is 0 Å². The van der Waals surface area contributed by atoms with Crippen LogP contribution in [-0.2, 0) is 6.54 Å². The summed E-state index contributed by atoms with van der Waals surface area (Å²) in [6.45, 7) is 0.576. The highest BCUT2D eigenvalue weighted by atomic mass is 35.5. The summed E-state index contributed by atoms with van der Waals surface area (Å²) >= 11 is 7.47. The van der Waals surface area contributed by atoms with Crippen molar-refractivity contribution in [1.29, 1.82) is 0 Å². The second kappa shape index (κ2) is 8.46. The van der Waals surface area contributed by atoms with Crippen LogP contribution in [0.5, 0.6) is 0 Å². The Morgan fingerprint density at radius 2 is 1.79 bits per heavy atom. The highest BCUT2D eigenvalue weighted by Crippen LogP contribution is 2.27. The van der Waals surface area contributed by atoms with E-state index in [4.69, 9.17) is 16.0 Å². The maximum atomic E-state index is 12.6. The molecule has 0 aliphatic carbocycles. The average molecular weight is 410 g/mol. The molecule has 28 heavy (non-hydrogen) atoms. The number of halogens is 1. The van der Waals surface area contributed by atoms with Gasteiger partial charge in [0.25, 0.3) is 0 Å². The molecule has 5 nitrogen and oxygen atoms in total. The first-order valence-electron chi connectivity index (χ1n) is 8.64. The summed E-state index contributed by atoms with van der Waals surface area (Å²) in [6.07, 6.45) is 1.60. The van der Waals surface area contributed by atoms with Gasteiger partial charge in [-0.05, 0) is 29.8 Å². The van der Waals surface area contributed by atoms with Crippen LogP contribution in [0.15, 0.2) is 82.6 Å². The third-order valence-corrected chi connectivity index (χ3v) is 5.44. The minimum atomic E-state index is -0.0515. The summed E-state index contributed by atoms with van der Waals surface area (Å²) < 4.78 is 7.46. The number of hydrogen-bond donors (Lipinski definition) is 0. The number of Topliss-reactive ketones (excluding diaryl/α,β-unsaturated/α-hetero) is 1. The summed E-state index contributed by atoms with van der Waals surface area (Å²) in [6, 6.07) is 20.7. The van der Waals surface area contributed by atoms with E-state index in [1.165, 1.54) is 11.8 Å². The zero-order valence-corrected chi connectivity index (χ0v) is 16.4. The maximum absolute atomic E-state index is 12.6. The van der Waals surface area contributed by atoms with Crippen molar-refractivity contribution in [2.24, 2.45) is 0 Å². The molecule has 0 amide bonds. The first kappa shape index (κ1) is 18.5. The molecule has 0 fully saturated rings. The van der Waals surface area contributed by atoms with E-state index in [-0.39, 0.29) is 11.5 Å². The Morgan fingerprint density at radius 1 is 1.00 bits per heavy atom. The lowest BCUT2D eigenvalue weighted by Crippen LogP contribution is -2.07. The number of aromatic nitrogens is 3. The molecule has 7 heteroatoms. The van der Waals surface area contributed by atoms with Crippen LogP contribution < -0.4 is 0 Å². The van der Waals surface area contributed by atoms with Crippen molar-refractivity contribution in [2.75, 3.05) is 5.75 Å².